The molecule has 0 bridgehead atoms. The van der Waals surface area contributed by atoms with Crippen LogP contribution in [0.5, 0.6) is 0 Å². The van der Waals surface area contributed by atoms with Gasteiger partial charge in [-0.3, -0.25) is 10.1 Å². The number of rotatable bonds is 9. The predicted octanol–water partition coefficient (Wildman–Crippen LogP) is 3.08. The summed E-state index contributed by atoms with van der Waals surface area (Å²) in [4.78, 5) is 11.8. The fraction of sp³-hybridized carbons (Fsp3) is 0.269. The van der Waals surface area contributed by atoms with E-state index < -0.39 is 21.1 Å². The first-order valence-electron chi connectivity index (χ1n) is 10.6. The number of carboxylic acid groups (broad SMARTS) is 1. The maximum Gasteiger partial charge on any atom is 0.321 e. The topological polar surface area (TPSA) is 58.6 Å². The van der Waals surface area contributed by atoms with Crippen molar-refractivity contribution < 1.29 is 14.3 Å². The van der Waals surface area contributed by atoms with Crippen LogP contribution in [0.3, 0.4) is 0 Å². The van der Waals surface area contributed by atoms with Crippen LogP contribution >= 0.6 is 0 Å². The van der Waals surface area contributed by atoms with Crippen LogP contribution < -0.4 is 15.7 Å². The summed E-state index contributed by atoms with van der Waals surface area (Å²) >= 11 is 0. The molecular formula is C26H31NO3Si. The minimum Gasteiger partial charge on any atom is -0.480 e. The lowest BCUT2D eigenvalue weighted by atomic mass is 9.86. The highest BCUT2D eigenvalue weighted by Crippen LogP contribution is 2.22. The van der Waals surface area contributed by atoms with Gasteiger partial charge in [-0.05, 0) is 33.3 Å². The largest absolute Gasteiger partial charge is 0.480 e. The van der Waals surface area contributed by atoms with Gasteiger partial charge in [0, 0.05) is 0 Å². The summed E-state index contributed by atoms with van der Waals surface area (Å²) in [7, 11) is -1.91. The molecule has 4 nitrogen and oxygen atoms in total. The average molecular weight is 434 g/mol. The maximum atomic E-state index is 11.8. The standard InChI is InChI=1S/C26H31NO3Si/c1-26(2,3)21-16-14-20(15-17-21)18-24(25(28)29)27-19-30-31(22-10-6-4-7-11-22)23-12-8-5-9-13-23/h4-17,24,27,31H,18-19H2,1-3H3,(H,28,29). The quantitative estimate of drug-likeness (QED) is 0.402. The fourth-order valence-electron chi connectivity index (χ4n) is 3.50. The number of hydrogen-bond donors (Lipinski definition) is 2. The summed E-state index contributed by atoms with van der Waals surface area (Å²) in [6.07, 6.45) is 0.409. The van der Waals surface area contributed by atoms with Crippen LogP contribution in [0.15, 0.2) is 84.9 Å². The van der Waals surface area contributed by atoms with Gasteiger partial charge in [0.15, 0.2) is 0 Å². The Balaban J connectivity index is 1.65. The van der Waals surface area contributed by atoms with Crippen molar-refractivity contribution in [2.45, 2.75) is 38.6 Å². The molecular weight excluding hydrogens is 402 g/mol. The molecule has 0 saturated carbocycles. The Kier molecular flexibility index (Phi) is 7.79. The first-order valence-corrected chi connectivity index (χ1v) is 12.2. The molecule has 31 heavy (non-hydrogen) atoms. The Morgan fingerprint density at radius 2 is 1.42 bits per heavy atom. The third kappa shape index (κ3) is 6.62. The van der Waals surface area contributed by atoms with E-state index in [-0.39, 0.29) is 12.1 Å². The second kappa shape index (κ2) is 10.5. The van der Waals surface area contributed by atoms with Gasteiger partial charge in [0.1, 0.15) is 6.04 Å². The van der Waals surface area contributed by atoms with E-state index in [1.807, 2.05) is 48.5 Å². The molecule has 162 valence electrons. The first-order chi connectivity index (χ1) is 14.8. The summed E-state index contributed by atoms with van der Waals surface area (Å²) in [5.41, 5.74) is 2.30. The van der Waals surface area contributed by atoms with Crippen molar-refractivity contribution in [2.24, 2.45) is 0 Å². The molecule has 1 atom stereocenters. The van der Waals surface area contributed by atoms with Crippen molar-refractivity contribution in [3.05, 3.63) is 96.1 Å². The molecule has 0 radical (unpaired) electrons. The lowest BCUT2D eigenvalue weighted by Crippen LogP contribution is -2.49. The molecule has 0 aromatic heterocycles. The molecule has 0 aliphatic carbocycles. The van der Waals surface area contributed by atoms with E-state index in [0.717, 1.165) is 5.56 Å². The number of carboxylic acids is 1. The Morgan fingerprint density at radius 1 is 0.903 bits per heavy atom. The van der Waals surface area contributed by atoms with E-state index >= 15 is 0 Å². The number of aliphatic carboxylic acids is 1. The summed E-state index contributed by atoms with van der Waals surface area (Å²) in [5, 5.41) is 15.1. The van der Waals surface area contributed by atoms with E-state index in [2.05, 4.69) is 62.5 Å². The van der Waals surface area contributed by atoms with Gasteiger partial charge in [0.05, 0.1) is 6.73 Å². The summed E-state index contributed by atoms with van der Waals surface area (Å²) in [6.45, 7) is 6.69. The minimum atomic E-state index is -1.91. The van der Waals surface area contributed by atoms with Crippen molar-refractivity contribution >= 4 is 25.4 Å². The van der Waals surface area contributed by atoms with Crippen LogP contribution in [-0.4, -0.2) is 32.9 Å². The molecule has 0 aliphatic heterocycles. The van der Waals surface area contributed by atoms with Gasteiger partial charge < -0.3 is 9.53 Å². The summed E-state index contributed by atoms with van der Waals surface area (Å²) < 4.78 is 6.26. The Hall–Kier alpha value is -2.73. The number of carbonyl (C=O) groups is 1. The molecule has 3 rings (SSSR count). The molecule has 0 amide bonds. The fourth-order valence-corrected chi connectivity index (χ4v) is 5.67. The zero-order valence-corrected chi connectivity index (χ0v) is 19.6. The van der Waals surface area contributed by atoms with Crippen LogP contribution in [0, 0.1) is 0 Å². The maximum absolute atomic E-state index is 11.8. The van der Waals surface area contributed by atoms with Crippen molar-refractivity contribution in [1.82, 2.24) is 5.32 Å². The third-order valence-corrected chi connectivity index (χ3v) is 7.82. The lowest BCUT2D eigenvalue weighted by Gasteiger charge is -2.21. The highest BCUT2D eigenvalue weighted by atomic mass is 28.3. The van der Waals surface area contributed by atoms with Gasteiger partial charge in [-0.25, -0.2) is 0 Å². The van der Waals surface area contributed by atoms with Crippen LogP contribution in [-0.2, 0) is 21.1 Å². The van der Waals surface area contributed by atoms with Gasteiger partial charge in [0.25, 0.3) is 0 Å². The van der Waals surface area contributed by atoms with Gasteiger partial charge in [-0.1, -0.05) is 106 Å². The molecule has 0 heterocycles. The molecule has 2 N–H and O–H groups in total. The monoisotopic (exact) mass is 433 g/mol. The van der Waals surface area contributed by atoms with Gasteiger partial charge in [-0.2, -0.15) is 0 Å². The highest BCUT2D eigenvalue weighted by molar-refractivity contribution is 6.80. The van der Waals surface area contributed by atoms with Crippen molar-refractivity contribution in [1.29, 1.82) is 0 Å². The Labute approximate surface area is 186 Å². The van der Waals surface area contributed by atoms with E-state index in [4.69, 9.17) is 4.43 Å². The van der Waals surface area contributed by atoms with Crippen LogP contribution in [0.2, 0.25) is 0 Å². The van der Waals surface area contributed by atoms with Crippen molar-refractivity contribution in [3.8, 4) is 0 Å². The van der Waals surface area contributed by atoms with Gasteiger partial charge in [0.2, 0.25) is 9.04 Å². The second-order valence-electron chi connectivity index (χ2n) is 8.76. The van der Waals surface area contributed by atoms with Crippen molar-refractivity contribution in [2.75, 3.05) is 6.73 Å². The van der Waals surface area contributed by atoms with E-state index in [1.54, 1.807) is 0 Å². The predicted molar refractivity (Wildman–Crippen MR) is 129 cm³/mol. The summed E-state index contributed by atoms with van der Waals surface area (Å²) in [6, 6.07) is 27.8. The number of nitrogens with one attached hydrogen (secondary N) is 1. The minimum absolute atomic E-state index is 0.0747. The van der Waals surface area contributed by atoms with Gasteiger partial charge in [-0.15, -0.1) is 0 Å². The third-order valence-electron chi connectivity index (χ3n) is 5.34. The summed E-state index contributed by atoms with van der Waals surface area (Å²) in [5.74, 6) is -0.874. The SMILES string of the molecule is CC(C)(C)c1ccc(CC(NCO[SiH](c2ccccc2)c2ccccc2)C(=O)O)cc1. The first kappa shape index (κ1) is 22.9. The molecule has 1 unspecified atom stereocenters. The molecule has 0 aliphatic rings. The normalized spacial score (nSPS) is 12.6. The molecule has 3 aromatic rings. The van der Waals surface area contributed by atoms with E-state index in [0.29, 0.717) is 6.42 Å². The Morgan fingerprint density at radius 3 is 1.87 bits per heavy atom. The number of hydrogen-bond acceptors (Lipinski definition) is 3. The van der Waals surface area contributed by atoms with Gasteiger partial charge >= 0.3 is 5.97 Å². The zero-order valence-electron chi connectivity index (χ0n) is 18.4. The molecule has 0 spiro atoms. The van der Waals surface area contributed by atoms with E-state index in [9.17, 15) is 9.90 Å². The van der Waals surface area contributed by atoms with Crippen LogP contribution in [0.1, 0.15) is 31.9 Å². The average Bonchev–Trinajstić information content (AvgIpc) is 2.76. The molecule has 0 fully saturated rings. The van der Waals surface area contributed by atoms with E-state index in [1.165, 1.54) is 15.9 Å². The smallest absolute Gasteiger partial charge is 0.321 e. The second-order valence-corrected chi connectivity index (χ2v) is 11.2. The van der Waals surface area contributed by atoms with Crippen LogP contribution in [0.25, 0.3) is 0 Å². The molecule has 0 saturated heterocycles. The molecule has 3 aromatic carbocycles. The Bertz CT molecular complexity index is 914. The zero-order chi connectivity index (χ0) is 22.3. The number of benzene rings is 3. The lowest BCUT2D eigenvalue weighted by molar-refractivity contribution is -0.139. The van der Waals surface area contributed by atoms with Crippen LogP contribution in [0.4, 0.5) is 0 Å². The van der Waals surface area contributed by atoms with Crippen molar-refractivity contribution in [3.63, 3.8) is 0 Å². The molecule has 5 heteroatoms. The highest BCUT2D eigenvalue weighted by Gasteiger charge is 2.21.